The Kier molecular flexibility index (Phi) is 3.09. The number of carbonyl (C=O) groups is 1. The molecule has 2 rings (SSSR count). The number of hydrogen-bond acceptors (Lipinski definition) is 2. The number of carbonyl (C=O) groups excluding carboxylic acids is 1. The molecule has 3 nitrogen and oxygen atoms in total. The molecule has 0 N–H and O–H groups in total. The summed E-state index contributed by atoms with van der Waals surface area (Å²) in [6.07, 6.45) is 2.73. The Bertz CT molecular complexity index is 541. The Labute approximate surface area is 101 Å². The minimum absolute atomic E-state index is 0.304. The van der Waals surface area contributed by atoms with Crippen LogP contribution in [0.3, 0.4) is 0 Å². The van der Waals surface area contributed by atoms with Crippen molar-refractivity contribution < 1.29 is 4.79 Å². The van der Waals surface area contributed by atoms with Gasteiger partial charge in [-0.05, 0) is 32.4 Å². The zero-order chi connectivity index (χ0) is 12.4. The number of aryl methyl sites for hydroxylation is 1. The van der Waals surface area contributed by atoms with Crippen molar-refractivity contribution >= 4 is 6.29 Å². The molecule has 0 aliphatic heterocycles. The van der Waals surface area contributed by atoms with Gasteiger partial charge in [-0.3, -0.25) is 9.48 Å². The maximum atomic E-state index is 10.8. The Morgan fingerprint density at radius 1 is 1.35 bits per heavy atom. The first kappa shape index (κ1) is 11.6. The van der Waals surface area contributed by atoms with E-state index in [4.69, 9.17) is 0 Å². The van der Waals surface area contributed by atoms with Crippen molar-refractivity contribution in [3.05, 3.63) is 41.6 Å². The van der Waals surface area contributed by atoms with E-state index in [2.05, 4.69) is 18.9 Å². The van der Waals surface area contributed by atoms with Crippen LogP contribution in [-0.4, -0.2) is 16.1 Å². The van der Waals surface area contributed by atoms with Crippen LogP contribution < -0.4 is 0 Å². The van der Waals surface area contributed by atoms with Gasteiger partial charge in [-0.2, -0.15) is 5.10 Å². The van der Waals surface area contributed by atoms with Crippen LogP contribution in [0.2, 0.25) is 0 Å². The molecule has 0 spiro atoms. The summed E-state index contributed by atoms with van der Waals surface area (Å²) in [5.74, 6) is 0. The van der Waals surface area contributed by atoms with Crippen molar-refractivity contribution in [2.24, 2.45) is 0 Å². The number of aromatic nitrogens is 2. The highest BCUT2D eigenvalue weighted by Gasteiger charge is 2.12. The maximum absolute atomic E-state index is 10.8. The molecule has 0 amide bonds. The van der Waals surface area contributed by atoms with Gasteiger partial charge in [0.2, 0.25) is 0 Å². The molecular formula is C14H16N2O. The smallest absolute Gasteiger partial charge is 0.150 e. The predicted octanol–water partition coefficient (Wildman–Crippen LogP) is 3.25. The van der Waals surface area contributed by atoms with Crippen molar-refractivity contribution in [3.8, 4) is 11.3 Å². The van der Waals surface area contributed by atoms with E-state index >= 15 is 0 Å². The van der Waals surface area contributed by atoms with Crippen LogP contribution in [0.1, 0.15) is 35.8 Å². The van der Waals surface area contributed by atoms with Gasteiger partial charge in [-0.25, -0.2) is 0 Å². The summed E-state index contributed by atoms with van der Waals surface area (Å²) in [6.45, 7) is 6.23. The fraction of sp³-hybridized carbons (Fsp3) is 0.286. The van der Waals surface area contributed by atoms with Gasteiger partial charge in [-0.15, -0.1) is 0 Å². The van der Waals surface area contributed by atoms with Gasteiger partial charge in [-0.1, -0.05) is 18.2 Å². The second-order valence-electron chi connectivity index (χ2n) is 4.46. The van der Waals surface area contributed by atoms with Crippen molar-refractivity contribution in [1.29, 1.82) is 0 Å². The standard InChI is InChI=1S/C14H16N2O/c1-10(2)16-14(11(3)8-15-16)13-6-4-5-12(7-13)9-17/h4-10H,1-3H3. The number of benzene rings is 1. The lowest BCUT2D eigenvalue weighted by Gasteiger charge is -2.12. The van der Waals surface area contributed by atoms with E-state index in [-0.39, 0.29) is 0 Å². The highest BCUT2D eigenvalue weighted by molar-refractivity contribution is 5.78. The first-order valence-corrected chi connectivity index (χ1v) is 5.73. The zero-order valence-corrected chi connectivity index (χ0v) is 10.3. The highest BCUT2D eigenvalue weighted by Crippen LogP contribution is 2.26. The molecule has 0 radical (unpaired) electrons. The van der Waals surface area contributed by atoms with Crippen LogP contribution in [0, 0.1) is 6.92 Å². The molecule has 3 heteroatoms. The third-order valence-corrected chi connectivity index (χ3v) is 2.76. The quantitative estimate of drug-likeness (QED) is 0.756. The third-order valence-electron chi connectivity index (χ3n) is 2.76. The fourth-order valence-corrected chi connectivity index (χ4v) is 1.96. The second-order valence-corrected chi connectivity index (χ2v) is 4.46. The zero-order valence-electron chi connectivity index (χ0n) is 10.3. The predicted molar refractivity (Wildman–Crippen MR) is 68.2 cm³/mol. The van der Waals surface area contributed by atoms with E-state index < -0.39 is 0 Å². The number of nitrogens with zero attached hydrogens (tertiary/aromatic N) is 2. The third kappa shape index (κ3) is 2.13. The van der Waals surface area contributed by atoms with Gasteiger partial charge in [0.05, 0.1) is 11.9 Å². The molecule has 0 unspecified atom stereocenters. The van der Waals surface area contributed by atoms with Crippen LogP contribution in [0.25, 0.3) is 11.3 Å². The molecule has 0 aliphatic rings. The van der Waals surface area contributed by atoms with Crippen molar-refractivity contribution in [2.75, 3.05) is 0 Å². The number of rotatable bonds is 3. The van der Waals surface area contributed by atoms with E-state index in [0.717, 1.165) is 23.1 Å². The van der Waals surface area contributed by atoms with Crippen molar-refractivity contribution in [1.82, 2.24) is 9.78 Å². The minimum atomic E-state index is 0.304. The molecule has 1 heterocycles. The number of aldehydes is 1. The van der Waals surface area contributed by atoms with Crippen LogP contribution in [-0.2, 0) is 0 Å². The van der Waals surface area contributed by atoms with Crippen LogP contribution >= 0.6 is 0 Å². The molecule has 2 aromatic rings. The summed E-state index contributed by atoms with van der Waals surface area (Å²) in [4.78, 5) is 10.8. The first-order valence-electron chi connectivity index (χ1n) is 5.73. The average Bonchev–Trinajstić information content (AvgIpc) is 2.71. The minimum Gasteiger partial charge on any atom is -0.298 e. The Morgan fingerprint density at radius 2 is 2.12 bits per heavy atom. The summed E-state index contributed by atoms with van der Waals surface area (Å²) in [7, 11) is 0. The van der Waals surface area contributed by atoms with Gasteiger partial charge >= 0.3 is 0 Å². The molecule has 88 valence electrons. The molecule has 0 atom stereocenters. The van der Waals surface area contributed by atoms with Crippen LogP contribution in [0.4, 0.5) is 0 Å². The topological polar surface area (TPSA) is 34.9 Å². The van der Waals surface area contributed by atoms with E-state index in [1.807, 2.05) is 42.1 Å². The molecule has 0 saturated carbocycles. The van der Waals surface area contributed by atoms with Crippen LogP contribution in [0.5, 0.6) is 0 Å². The van der Waals surface area contributed by atoms with Gasteiger partial charge in [0, 0.05) is 17.2 Å². The second kappa shape index (κ2) is 4.53. The lowest BCUT2D eigenvalue weighted by atomic mass is 10.1. The summed E-state index contributed by atoms with van der Waals surface area (Å²) in [5, 5.41) is 4.38. The van der Waals surface area contributed by atoms with E-state index in [0.29, 0.717) is 11.6 Å². The Hall–Kier alpha value is -1.90. The monoisotopic (exact) mass is 228 g/mol. The average molecular weight is 228 g/mol. The Morgan fingerprint density at radius 3 is 2.76 bits per heavy atom. The van der Waals surface area contributed by atoms with Crippen molar-refractivity contribution in [2.45, 2.75) is 26.8 Å². The molecule has 0 saturated heterocycles. The molecular weight excluding hydrogens is 212 g/mol. The molecule has 0 aliphatic carbocycles. The molecule has 0 bridgehead atoms. The van der Waals surface area contributed by atoms with Gasteiger partial charge in [0.1, 0.15) is 6.29 Å². The van der Waals surface area contributed by atoms with Gasteiger partial charge < -0.3 is 0 Å². The van der Waals surface area contributed by atoms with E-state index in [9.17, 15) is 4.79 Å². The molecule has 17 heavy (non-hydrogen) atoms. The molecule has 1 aromatic heterocycles. The maximum Gasteiger partial charge on any atom is 0.150 e. The van der Waals surface area contributed by atoms with Crippen LogP contribution in [0.15, 0.2) is 30.5 Å². The Balaban J connectivity index is 2.58. The van der Waals surface area contributed by atoms with Crippen molar-refractivity contribution in [3.63, 3.8) is 0 Å². The van der Waals surface area contributed by atoms with E-state index in [1.54, 1.807) is 0 Å². The summed E-state index contributed by atoms with van der Waals surface area (Å²) < 4.78 is 1.99. The lowest BCUT2D eigenvalue weighted by Crippen LogP contribution is -2.05. The summed E-state index contributed by atoms with van der Waals surface area (Å²) in [5.41, 5.74) is 3.95. The summed E-state index contributed by atoms with van der Waals surface area (Å²) >= 11 is 0. The highest BCUT2D eigenvalue weighted by atomic mass is 16.1. The molecule has 0 fully saturated rings. The number of hydrogen-bond donors (Lipinski definition) is 0. The summed E-state index contributed by atoms with van der Waals surface area (Å²) in [6, 6.07) is 7.92. The molecule has 1 aromatic carbocycles. The van der Waals surface area contributed by atoms with Gasteiger partial charge in [0.15, 0.2) is 0 Å². The van der Waals surface area contributed by atoms with Gasteiger partial charge in [0.25, 0.3) is 0 Å². The SMILES string of the molecule is Cc1cnn(C(C)C)c1-c1cccc(C=O)c1. The largest absolute Gasteiger partial charge is 0.298 e. The van der Waals surface area contributed by atoms with E-state index in [1.165, 1.54) is 0 Å². The lowest BCUT2D eigenvalue weighted by molar-refractivity contribution is 0.112. The fourth-order valence-electron chi connectivity index (χ4n) is 1.96. The first-order chi connectivity index (χ1) is 8.13. The normalized spacial score (nSPS) is 10.8.